The molecule has 5 aliphatic heterocycles. The number of hydrazine groups is 2. The molecule has 5 unspecified atom stereocenters. The van der Waals surface area contributed by atoms with Crippen LogP contribution in [-0.4, -0.2) is 256 Å². The highest BCUT2D eigenvalue weighted by atomic mass is 32.2. The number of ether oxygens (including phenoxy) is 10. The SMILES string of the molecule is COc1ccc2c(c1)C[C@H](COCCOCCOCCOCCN1CC(COCCOCCOCCOCCOc3ccc(NC(=O)NC4NC(CC(=O)N5CCN(C)CC5)CS4)cc3)NN1)N(C(=O)CSC1NC(=O)NCC1C)C2. The number of nitrogens with zero attached hydrogens (tertiary/aromatic N) is 4. The van der Waals surface area contributed by atoms with Crippen molar-refractivity contribution in [3.63, 3.8) is 0 Å². The molecule has 2 aromatic rings. The Bertz CT molecular complexity index is 2180. The number of anilines is 1. The van der Waals surface area contributed by atoms with E-state index in [1.807, 2.05) is 28.0 Å². The minimum Gasteiger partial charge on any atom is -0.497 e. The van der Waals surface area contributed by atoms with Crippen molar-refractivity contribution in [3.05, 3.63) is 53.6 Å². The second kappa shape index (κ2) is 36.4. The Kier molecular flexibility index (Phi) is 28.9. The van der Waals surface area contributed by atoms with E-state index in [2.05, 4.69) is 61.4 Å². The van der Waals surface area contributed by atoms with Gasteiger partial charge in [0.1, 0.15) is 23.6 Å². The second-order valence-electron chi connectivity index (χ2n) is 20.2. The number of carbonyl (C=O) groups excluding carboxylic acids is 4. The largest absolute Gasteiger partial charge is 0.497 e. The molecule has 25 nitrogen and oxygen atoms in total. The van der Waals surface area contributed by atoms with E-state index in [0.717, 1.165) is 55.4 Å². The Hall–Kier alpha value is -4.30. The number of fused-ring (bicyclic) bond motifs is 1. The molecule has 27 heteroatoms. The van der Waals surface area contributed by atoms with Gasteiger partial charge in [0.15, 0.2) is 0 Å². The third-order valence-corrected chi connectivity index (χ3v) is 16.5. The normalized spacial score (nSPS) is 22.3. The monoisotopic (exact) mass is 1180 g/mol. The molecule has 7 N–H and O–H groups in total. The van der Waals surface area contributed by atoms with Crippen LogP contribution in [0.4, 0.5) is 15.3 Å². The maximum absolute atomic E-state index is 13.6. The molecule has 81 heavy (non-hydrogen) atoms. The van der Waals surface area contributed by atoms with E-state index in [-0.39, 0.29) is 64.5 Å². The maximum Gasteiger partial charge on any atom is 0.321 e. The number of rotatable bonds is 37. The molecule has 6 atom stereocenters. The Labute approximate surface area is 485 Å². The topological polar surface area (TPSA) is 258 Å². The van der Waals surface area contributed by atoms with Crippen LogP contribution in [0.2, 0.25) is 0 Å². The summed E-state index contributed by atoms with van der Waals surface area (Å²) in [5.74, 6) is 2.86. The number of hydrogen-bond donors (Lipinski definition) is 7. The van der Waals surface area contributed by atoms with Gasteiger partial charge in [0, 0.05) is 82.2 Å². The van der Waals surface area contributed by atoms with Crippen LogP contribution >= 0.6 is 23.5 Å². The molecule has 4 fully saturated rings. The number of amides is 6. The summed E-state index contributed by atoms with van der Waals surface area (Å²) in [7, 11) is 3.72. The van der Waals surface area contributed by atoms with Gasteiger partial charge in [-0.2, -0.15) is 5.53 Å². The fraction of sp³-hybridized carbons (Fsp3) is 0.704. The number of nitrogens with one attached hydrogen (secondary N) is 7. The van der Waals surface area contributed by atoms with Gasteiger partial charge in [0.2, 0.25) is 11.8 Å². The minimum atomic E-state index is -0.325. The summed E-state index contributed by atoms with van der Waals surface area (Å²) in [5.41, 5.74) is 9.03. The van der Waals surface area contributed by atoms with Crippen LogP contribution in [0, 0.1) is 5.92 Å². The van der Waals surface area contributed by atoms with Gasteiger partial charge in [0.25, 0.3) is 0 Å². The van der Waals surface area contributed by atoms with Crippen molar-refractivity contribution < 1.29 is 66.5 Å². The Balaban J connectivity index is 0.595. The first-order valence-corrected chi connectivity index (χ1v) is 30.3. The van der Waals surface area contributed by atoms with Crippen LogP contribution in [-0.2, 0) is 60.4 Å². The van der Waals surface area contributed by atoms with Crippen molar-refractivity contribution in [2.75, 3.05) is 189 Å². The summed E-state index contributed by atoms with van der Waals surface area (Å²) in [6.07, 6.45) is 1.09. The second-order valence-corrected chi connectivity index (χ2v) is 22.5. The molecule has 0 aliphatic carbocycles. The first-order valence-electron chi connectivity index (χ1n) is 28.2. The fourth-order valence-corrected chi connectivity index (χ4v) is 11.5. The number of methoxy groups -OCH3 is 1. The summed E-state index contributed by atoms with van der Waals surface area (Å²) in [5, 5.41) is 16.8. The molecule has 5 heterocycles. The third kappa shape index (κ3) is 23.7. The van der Waals surface area contributed by atoms with E-state index < -0.39 is 0 Å². The van der Waals surface area contributed by atoms with Gasteiger partial charge in [-0.3, -0.25) is 14.9 Å². The molecule has 0 radical (unpaired) electrons. The molecule has 4 saturated heterocycles. The minimum absolute atomic E-state index is 0.0201. The van der Waals surface area contributed by atoms with Gasteiger partial charge in [-0.05, 0) is 61.0 Å². The first kappa shape index (κ1) is 64.3. The summed E-state index contributed by atoms with van der Waals surface area (Å²) >= 11 is 3.05. The number of carbonyl (C=O) groups is 4. The van der Waals surface area contributed by atoms with Crippen LogP contribution in [0.25, 0.3) is 0 Å². The third-order valence-electron chi connectivity index (χ3n) is 14.0. The van der Waals surface area contributed by atoms with Crippen LogP contribution in [0.5, 0.6) is 11.5 Å². The van der Waals surface area contributed by atoms with Crippen molar-refractivity contribution in [2.24, 2.45) is 5.92 Å². The molecule has 0 saturated carbocycles. The molecule has 0 bridgehead atoms. The number of thioether (sulfide) groups is 2. The Morgan fingerprint density at radius 2 is 1.36 bits per heavy atom. The highest BCUT2D eigenvalue weighted by Crippen LogP contribution is 2.29. The number of benzene rings is 2. The lowest BCUT2D eigenvalue weighted by Crippen LogP contribution is -2.53. The molecular formula is C54H87N11O14S2. The van der Waals surface area contributed by atoms with E-state index in [4.69, 9.17) is 47.4 Å². The fourth-order valence-electron chi connectivity index (χ4n) is 9.30. The average molecular weight is 1180 g/mol. The molecular weight excluding hydrogens is 1090 g/mol. The molecule has 0 spiro atoms. The number of piperazine rings is 1. The molecule has 2 aromatic carbocycles. The predicted octanol–water partition coefficient (Wildman–Crippen LogP) is 1.14. The van der Waals surface area contributed by atoms with Crippen molar-refractivity contribution in [1.82, 2.24) is 51.9 Å². The zero-order valence-electron chi connectivity index (χ0n) is 47.3. The average Bonchev–Trinajstić information content (AvgIpc) is 4.20. The van der Waals surface area contributed by atoms with E-state index in [0.29, 0.717) is 156 Å². The zero-order chi connectivity index (χ0) is 56.9. The molecule has 454 valence electrons. The van der Waals surface area contributed by atoms with E-state index in [9.17, 15) is 19.2 Å². The number of urea groups is 2. The Morgan fingerprint density at radius 3 is 2.04 bits per heavy atom. The maximum atomic E-state index is 13.6. The highest BCUT2D eigenvalue weighted by Gasteiger charge is 2.33. The predicted molar refractivity (Wildman–Crippen MR) is 307 cm³/mol. The van der Waals surface area contributed by atoms with Gasteiger partial charge in [-0.1, -0.05) is 13.0 Å². The molecule has 6 amide bonds. The van der Waals surface area contributed by atoms with Gasteiger partial charge in [-0.25, -0.2) is 20.0 Å². The number of likely N-dealkylation sites (N-methyl/N-ethyl adjacent to an activating group) is 1. The summed E-state index contributed by atoms with van der Waals surface area (Å²) in [6, 6.07) is 12.6. The van der Waals surface area contributed by atoms with Gasteiger partial charge < -0.3 is 83.3 Å². The van der Waals surface area contributed by atoms with E-state index >= 15 is 0 Å². The van der Waals surface area contributed by atoms with Crippen molar-refractivity contribution in [2.45, 2.75) is 55.3 Å². The van der Waals surface area contributed by atoms with Gasteiger partial charge in [-0.15, -0.1) is 23.5 Å². The van der Waals surface area contributed by atoms with Crippen molar-refractivity contribution >= 4 is 53.1 Å². The highest BCUT2D eigenvalue weighted by molar-refractivity contribution is 8.00. The standard InChI is InChI=1S/C54H87N11O14S2/c1-40-33-55-52(68)58-51(40)80-39-50(67)65-34-41-4-7-48(70-3)31-42(41)30-46(65)37-78-27-25-75-21-18-72-17-16-71-15-14-64-35-45(60-61-64)36-77-26-24-74-20-19-73-22-23-76-28-29-79-47-8-5-43(6-9-47)56-53(69)59-54-57-44(38-81-54)32-49(66)63-12-10-62(2)11-13-63/h4-9,31,40,44-46,51,54,57,60-61H,10-30,32-39H2,1-3H3,(H2,55,58,68)(H2,56,59,69)/t40?,44?,45?,46-,51?,54?/m1/s1. The summed E-state index contributed by atoms with van der Waals surface area (Å²) in [4.78, 5) is 56.8. The van der Waals surface area contributed by atoms with Gasteiger partial charge >= 0.3 is 12.1 Å². The van der Waals surface area contributed by atoms with Crippen molar-refractivity contribution in [1.29, 1.82) is 0 Å². The van der Waals surface area contributed by atoms with Crippen LogP contribution in [0.1, 0.15) is 24.5 Å². The molecule has 7 rings (SSSR count). The summed E-state index contributed by atoms with van der Waals surface area (Å²) < 4.78 is 57.1. The van der Waals surface area contributed by atoms with Crippen LogP contribution < -0.4 is 47.0 Å². The zero-order valence-corrected chi connectivity index (χ0v) is 49.0. The van der Waals surface area contributed by atoms with Crippen molar-refractivity contribution in [3.8, 4) is 11.5 Å². The quantitative estimate of drug-likeness (QED) is 0.0468. The van der Waals surface area contributed by atoms with Gasteiger partial charge in [0.05, 0.1) is 136 Å². The van der Waals surface area contributed by atoms with E-state index in [1.54, 1.807) is 43.1 Å². The number of hydrogen-bond acceptors (Lipinski definition) is 21. The summed E-state index contributed by atoms with van der Waals surface area (Å²) in [6.45, 7) is 15.6. The lowest BCUT2D eigenvalue weighted by atomic mass is 9.94. The smallest absolute Gasteiger partial charge is 0.321 e. The lowest BCUT2D eigenvalue weighted by Gasteiger charge is -2.37. The molecule has 0 aromatic heterocycles. The Morgan fingerprint density at radius 1 is 0.728 bits per heavy atom. The first-order chi connectivity index (χ1) is 39.6. The van der Waals surface area contributed by atoms with Crippen LogP contribution in [0.3, 0.4) is 0 Å². The molecule has 5 aliphatic rings. The van der Waals surface area contributed by atoms with E-state index in [1.165, 1.54) is 11.8 Å². The van der Waals surface area contributed by atoms with Crippen LogP contribution in [0.15, 0.2) is 42.5 Å². The lowest BCUT2D eigenvalue weighted by molar-refractivity contribution is -0.134.